The van der Waals surface area contributed by atoms with Crippen LogP contribution in [-0.4, -0.2) is 67.6 Å². The molecule has 1 atom stereocenters. The third-order valence-electron chi connectivity index (χ3n) is 7.57. The summed E-state index contributed by atoms with van der Waals surface area (Å²) < 4.78 is 11.1. The highest BCUT2D eigenvalue weighted by Gasteiger charge is 2.46. The van der Waals surface area contributed by atoms with Crippen molar-refractivity contribution in [3.63, 3.8) is 0 Å². The minimum atomic E-state index is 0.0408. The molecule has 6 heteroatoms. The van der Waals surface area contributed by atoms with Crippen molar-refractivity contribution in [2.45, 2.75) is 37.0 Å². The number of likely N-dealkylation sites (tertiary alicyclic amines) is 1. The Morgan fingerprint density at radius 1 is 0.879 bits per heavy atom. The molecule has 0 aromatic heterocycles. The summed E-state index contributed by atoms with van der Waals surface area (Å²) in [5.74, 6) is 1.25. The maximum atomic E-state index is 13.0. The molecule has 1 spiro atoms. The number of nitrogens with zero attached hydrogens (tertiary/aromatic N) is 2. The molecule has 1 unspecified atom stereocenters. The third-order valence-corrected chi connectivity index (χ3v) is 7.57. The number of piperidine rings is 1. The molecule has 0 radical (unpaired) electrons. The van der Waals surface area contributed by atoms with Gasteiger partial charge in [0.25, 0.3) is 5.91 Å². The standard InChI is InChI=1S/C27H32N2O4/c30-25(29-14-16-32-17-15-29)18-21-19-27(24-9-5-4-8-23(21)24)10-12-28(13-11-27)26(31)20-33-22-6-2-1-3-7-22/h1-9,21H,10-20H2. The molecular weight excluding hydrogens is 416 g/mol. The zero-order valence-electron chi connectivity index (χ0n) is 19.1. The summed E-state index contributed by atoms with van der Waals surface area (Å²) in [5, 5.41) is 0. The van der Waals surface area contributed by atoms with Crippen LogP contribution in [0.15, 0.2) is 54.6 Å². The summed E-state index contributed by atoms with van der Waals surface area (Å²) in [7, 11) is 0. The maximum Gasteiger partial charge on any atom is 0.260 e. The number of hydrogen-bond donors (Lipinski definition) is 0. The fourth-order valence-corrected chi connectivity index (χ4v) is 5.77. The highest BCUT2D eigenvalue weighted by molar-refractivity contribution is 5.78. The molecular formula is C27H32N2O4. The van der Waals surface area contributed by atoms with Gasteiger partial charge in [-0.3, -0.25) is 9.59 Å². The number of hydrogen-bond acceptors (Lipinski definition) is 4. The molecule has 0 saturated carbocycles. The SMILES string of the molecule is O=C(COc1ccccc1)N1CCC2(CC1)CC(CC(=O)N1CCOCC1)c1ccccc12. The highest BCUT2D eigenvalue weighted by atomic mass is 16.5. The predicted molar refractivity (Wildman–Crippen MR) is 125 cm³/mol. The lowest BCUT2D eigenvalue weighted by molar-refractivity contribution is -0.135. The number of benzene rings is 2. The van der Waals surface area contributed by atoms with Crippen LogP contribution in [0.1, 0.15) is 42.7 Å². The second-order valence-corrected chi connectivity index (χ2v) is 9.45. The first-order valence-corrected chi connectivity index (χ1v) is 12.1. The molecule has 174 valence electrons. The van der Waals surface area contributed by atoms with Crippen molar-refractivity contribution < 1.29 is 19.1 Å². The Kier molecular flexibility index (Phi) is 6.36. The summed E-state index contributed by atoms with van der Waals surface area (Å²) >= 11 is 0. The Hall–Kier alpha value is -2.86. The zero-order valence-corrected chi connectivity index (χ0v) is 19.1. The van der Waals surface area contributed by atoms with Gasteiger partial charge in [-0.15, -0.1) is 0 Å². The van der Waals surface area contributed by atoms with Gasteiger partial charge >= 0.3 is 0 Å². The van der Waals surface area contributed by atoms with E-state index in [9.17, 15) is 9.59 Å². The van der Waals surface area contributed by atoms with E-state index >= 15 is 0 Å². The van der Waals surface area contributed by atoms with Gasteiger partial charge in [-0.25, -0.2) is 0 Å². The van der Waals surface area contributed by atoms with Gasteiger partial charge in [0.05, 0.1) is 13.2 Å². The number of carbonyl (C=O) groups is 2. The van der Waals surface area contributed by atoms with Crippen molar-refractivity contribution in [2.24, 2.45) is 0 Å². The van der Waals surface area contributed by atoms with E-state index in [1.54, 1.807) is 0 Å². The molecule has 3 aliphatic rings. The van der Waals surface area contributed by atoms with Gasteiger partial charge in [-0.2, -0.15) is 0 Å². The Morgan fingerprint density at radius 2 is 1.55 bits per heavy atom. The molecule has 2 amide bonds. The number of fused-ring (bicyclic) bond motifs is 2. The predicted octanol–water partition coefficient (Wildman–Crippen LogP) is 3.36. The number of para-hydroxylation sites is 1. The van der Waals surface area contributed by atoms with Crippen LogP contribution < -0.4 is 4.74 Å². The first-order chi connectivity index (χ1) is 16.1. The average Bonchev–Trinajstić information content (AvgIpc) is 3.17. The van der Waals surface area contributed by atoms with Gasteiger partial charge in [0.15, 0.2) is 6.61 Å². The second-order valence-electron chi connectivity index (χ2n) is 9.45. The molecule has 2 aromatic rings. The van der Waals surface area contributed by atoms with Crippen LogP contribution in [0.25, 0.3) is 0 Å². The van der Waals surface area contributed by atoms with E-state index in [1.165, 1.54) is 11.1 Å². The maximum absolute atomic E-state index is 13.0. The number of amides is 2. The van der Waals surface area contributed by atoms with E-state index in [0.29, 0.717) is 32.7 Å². The fourth-order valence-electron chi connectivity index (χ4n) is 5.77. The van der Waals surface area contributed by atoms with Crippen LogP contribution in [0.4, 0.5) is 0 Å². The summed E-state index contributed by atoms with van der Waals surface area (Å²) in [6, 6.07) is 18.1. The van der Waals surface area contributed by atoms with Crippen molar-refractivity contribution in [2.75, 3.05) is 46.0 Å². The second kappa shape index (κ2) is 9.56. The first-order valence-electron chi connectivity index (χ1n) is 12.1. The van der Waals surface area contributed by atoms with Crippen molar-refractivity contribution in [1.29, 1.82) is 0 Å². The van der Waals surface area contributed by atoms with E-state index in [4.69, 9.17) is 9.47 Å². The zero-order chi connectivity index (χ0) is 22.7. The Balaban J connectivity index is 1.22. The summed E-state index contributed by atoms with van der Waals surface area (Å²) in [5.41, 5.74) is 2.77. The lowest BCUT2D eigenvalue weighted by atomic mass is 9.73. The van der Waals surface area contributed by atoms with Gasteiger partial charge in [0.2, 0.25) is 5.91 Å². The van der Waals surface area contributed by atoms with Gasteiger partial charge in [-0.1, -0.05) is 42.5 Å². The van der Waals surface area contributed by atoms with Crippen molar-refractivity contribution in [3.8, 4) is 5.75 Å². The molecule has 1 aliphatic carbocycles. The minimum absolute atomic E-state index is 0.0408. The van der Waals surface area contributed by atoms with Crippen LogP contribution in [0.2, 0.25) is 0 Å². The van der Waals surface area contributed by atoms with Gasteiger partial charge in [0.1, 0.15) is 5.75 Å². The molecule has 33 heavy (non-hydrogen) atoms. The molecule has 0 bridgehead atoms. The van der Waals surface area contributed by atoms with Gasteiger partial charge in [0, 0.05) is 32.6 Å². The number of ether oxygens (including phenoxy) is 2. The molecule has 2 heterocycles. The van der Waals surface area contributed by atoms with E-state index in [-0.39, 0.29) is 29.8 Å². The van der Waals surface area contributed by atoms with Crippen LogP contribution >= 0.6 is 0 Å². The van der Waals surface area contributed by atoms with Crippen LogP contribution in [0.3, 0.4) is 0 Å². The monoisotopic (exact) mass is 448 g/mol. The quantitative estimate of drug-likeness (QED) is 0.704. The average molecular weight is 449 g/mol. The number of morpholine rings is 1. The summed E-state index contributed by atoms with van der Waals surface area (Å²) in [6.07, 6.45) is 3.42. The molecule has 0 N–H and O–H groups in total. The van der Waals surface area contributed by atoms with E-state index in [1.807, 2.05) is 40.1 Å². The lowest BCUT2D eigenvalue weighted by Crippen LogP contribution is -2.46. The summed E-state index contributed by atoms with van der Waals surface area (Å²) in [6.45, 7) is 4.19. The molecule has 2 aliphatic heterocycles. The van der Waals surface area contributed by atoms with Crippen LogP contribution in [-0.2, 0) is 19.7 Å². The minimum Gasteiger partial charge on any atom is -0.484 e. The van der Waals surface area contributed by atoms with Gasteiger partial charge < -0.3 is 19.3 Å². The normalized spacial score (nSPS) is 21.6. The van der Waals surface area contributed by atoms with Crippen molar-refractivity contribution in [1.82, 2.24) is 9.80 Å². The molecule has 2 saturated heterocycles. The first kappa shape index (κ1) is 22.0. The van der Waals surface area contributed by atoms with E-state index in [2.05, 4.69) is 24.3 Å². The number of rotatable bonds is 5. The Labute approximate surface area is 195 Å². The lowest BCUT2D eigenvalue weighted by Gasteiger charge is -2.40. The van der Waals surface area contributed by atoms with Crippen LogP contribution in [0.5, 0.6) is 5.75 Å². The fraction of sp³-hybridized carbons (Fsp3) is 0.481. The third kappa shape index (κ3) is 4.62. The molecule has 5 rings (SSSR count). The molecule has 6 nitrogen and oxygen atoms in total. The van der Waals surface area contributed by atoms with Gasteiger partial charge in [-0.05, 0) is 53.9 Å². The Morgan fingerprint density at radius 3 is 2.30 bits per heavy atom. The summed E-state index contributed by atoms with van der Waals surface area (Å²) in [4.78, 5) is 29.6. The number of carbonyl (C=O) groups excluding carboxylic acids is 2. The Bertz CT molecular complexity index is 979. The van der Waals surface area contributed by atoms with Crippen molar-refractivity contribution in [3.05, 3.63) is 65.7 Å². The van der Waals surface area contributed by atoms with E-state index < -0.39 is 0 Å². The van der Waals surface area contributed by atoms with Crippen LogP contribution in [0, 0.1) is 0 Å². The topological polar surface area (TPSA) is 59.1 Å². The van der Waals surface area contributed by atoms with Crippen molar-refractivity contribution >= 4 is 11.8 Å². The highest BCUT2D eigenvalue weighted by Crippen LogP contribution is 2.52. The smallest absolute Gasteiger partial charge is 0.260 e. The van der Waals surface area contributed by atoms with E-state index in [0.717, 1.165) is 38.1 Å². The molecule has 2 aromatic carbocycles. The molecule has 2 fully saturated rings. The largest absolute Gasteiger partial charge is 0.484 e.